The van der Waals surface area contributed by atoms with E-state index in [1.807, 2.05) is 0 Å². The fraction of sp³-hybridized carbons (Fsp3) is 0.500. The van der Waals surface area contributed by atoms with Crippen LogP contribution < -0.4 is 4.90 Å². The topological polar surface area (TPSA) is 3.24 Å². The van der Waals surface area contributed by atoms with Crippen LogP contribution in [0.15, 0.2) is 24.3 Å². The van der Waals surface area contributed by atoms with Gasteiger partial charge in [0.1, 0.15) is 0 Å². The molecule has 0 radical (unpaired) electrons. The minimum absolute atomic E-state index is 0.600. The fourth-order valence-electron chi connectivity index (χ4n) is 2.56. The third-order valence-electron chi connectivity index (χ3n) is 3.67. The zero-order valence-corrected chi connectivity index (χ0v) is 8.09. The molecule has 1 heterocycles. The van der Waals surface area contributed by atoms with E-state index in [1.165, 1.54) is 31.5 Å². The summed E-state index contributed by atoms with van der Waals surface area (Å²) in [6, 6.07) is 8.90. The quantitative estimate of drug-likeness (QED) is 0.583. The monoisotopic (exact) mass is 173 g/mol. The molecule has 0 aromatic heterocycles. The Morgan fingerprint density at radius 1 is 1.15 bits per heavy atom. The van der Waals surface area contributed by atoms with Gasteiger partial charge in [-0.25, -0.2) is 0 Å². The number of hydrogen-bond donors (Lipinski definition) is 0. The average Bonchev–Trinajstić information content (AvgIpc) is 2.94. The van der Waals surface area contributed by atoms with Gasteiger partial charge in [0, 0.05) is 19.3 Å². The van der Waals surface area contributed by atoms with Gasteiger partial charge in [-0.15, -0.1) is 0 Å². The summed E-state index contributed by atoms with van der Waals surface area (Å²) in [5, 5.41) is 0. The van der Waals surface area contributed by atoms with Crippen LogP contribution in [0.25, 0.3) is 0 Å². The molecule has 1 nitrogen and oxygen atoms in total. The molecule has 1 aromatic carbocycles. The highest BCUT2D eigenvalue weighted by atomic mass is 15.1. The maximum atomic E-state index is 2.39. The summed E-state index contributed by atoms with van der Waals surface area (Å²) in [5.41, 5.74) is 3.67. The molecule has 1 spiro atoms. The smallest absolute Gasteiger partial charge is 0.0401 e. The predicted octanol–water partition coefficient (Wildman–Crippen LogP) is 2.56. The summed E-state index contributed by atoms with van der Waals surface area (Å²) >= 11 is 0. The molecule has 0 unspecified atom stereocenters. The van der Waals surface area contributed by atoms with E-state index in [0.29, 0.717) is 5.41 Å². The first-order chi connectivity index (χ1) is 6.32. The maximum Gasteiger partial charge on any atom is 0.0401 e. The van der Waals surface area contributed by atoms with Gasteiger partial charge in [-0.1, -0.05) is 18.2 Å². The molecule has 0 atom stereocenters. The molecule has 1 aromatic rings. The predicted molar refractivity (Wildman–Crippen MR) is 55.2 cm³/mol. The summed E-state index contributed by atoms with van der Waals surface area (Å²) in [6.07, 6.45) is 4.19. The molecular formula is C12H15N. The van der Waals surface area contributed by atoms with Crippen LogP contribution >= 0.6 is 0 Å². The van der Waals surface area contributed by atoms with E-state index in [4.69, 9.17) is 0 Å². The highest BCUT2D eigenvalue weighted by molar-refractivity contribution is 5.60. The molecule has 1 aliphatic heterocycles. The minimum atomic E-state index is 0.600. The zero-order valence-electron chi connectivity index (χ0n) is 8.09. The second-order valence-electron chi connectivity index (χ2n) is 4.47. The van der Waals surface area contributed by atoms with Crippen molar-refractivity contribution in [1.29, 1.82) is 0 Å². The Labute approximate surface area is 79.4 Å². The van der Waals surface area contributed by atoms with Gasteiger partial charge in [-0.2, -0.15) is 0 Å². The normalized spacial score (nSPS) is 23.0. The Bertz CT molecular complexity index is 339. The van der Waals surface area contributed by atoms with Crippen molar-refractivity contribution in [1.82, 2.24) is 0 Å². The third-order valence-corrected chi connectivity index (χ3v) is 3.67. The Kier molecular flexibility index (Phi) is 1.30. The number of benzene rings is 1. The van der Waals surface area contributed by atoms with Crippen LogP contribution in [0.2, 0.25) is 0 Å². The molecule has 0 saturated heterocycles. The minimum Gasteiger partial charge on any atom is -0.374 e. The van der Waals surface area contributed by atoms with Gasteiger partial charge in [0.15, 0.2) is 0 Å². The maximum absolute atomic E-state index is 2.39. The molecule has 1 heteroatoms. The molecule has 13 heavy (non-hydrogen) atoms. The third kappa shape index (κ3) is 0.932. The summed E-state index contributed by atoms with van der Waals surface area (Å²) in [6.45, 7) is 1.23. The number of para-hydroxylation sites is 1. The van der Waals surface area contributed by atoms with Crippen molar-refractivity contribution >= 4 is 5.69 Å². The van der Waals surface area contributed by atoms with E-state index in [9.17, 15) is 0 Å². The lowest BCUT2D eigenvalue weighted by Gasteiger charge is -2.33. The van der Waals surface area contributed by atoms with Crippen molar-refractivity contribution in [3.63, 3.8) is 0 Å². The van der Waals surface area contributed by atoms with Crippen molar-refractivity contribution in [3.8, 4) is 0 Å². The zero-order chi connectivity index (χ0) is 8.89. The van der Waals surface area contributed by atoms with Crippen LogP contribution in [0.1, 0.15) is 24.8 Å². The Morgan fingerprint density at radius 2 is 1.92 bits per heavy atom. The van der Waals surface area contributed by atoms with E-state index in [0.717, 1.165) is 0 Å². The highest BCUT2D eigenvalue weighted by Gasteiger charge is 2.47. The van der Waals surface area contributed by atoms with Crippen LogP contribution in [0.3, 0.4) is 0 Å². The lowest BCUT2D eigenvalue weighted by molar-refractivity contribution is 0.585. The van der Waals surface area contributed by atoms with Crippen molar-refractivity contribution in [2.24, 2.45) is 0 Å². The van der Waals surface area contributed by atoms with Gasteiger partial charge >= 0.3 is 0 Å². The highest BCUT2D eigenvalue weighted by Crippen LogP contribution is 2.55. The summed E-state index contributed by atoms with van der Waals surface area (Å²) in [7, 11) is 2.20. The average molecular weight is 173 g/mol. The summed E-state index contributed by atoms with van der Waals surface area (Å²) in [5.74, 6) is 0. The lowest BCUT2D eigenvalue weighted by Crippen LogP contribution is -2.30. The van der Waals surface area contributed by atoms with Gasteiger partial charge in [-0.05, 0) is 36.3 Å². The molecule has 0 bridgehead atoms. The number of fused-ring (bicyclic) bond motifs is 2. The largest absolute Gasteiger partial charge is 0.374 e. The van der Waals surface area contributed by atoms with Gasteiger partial charge in [0.05, 0.1) is 0 Å². The van der Waals surface area contributed by atoms with Gasteiger partial charge < -0.3 is 4.90 Å². The molecule has 0 N–H and O–H groups in total. The summed E-state index contributed by atoms with van der Waals surface area (Å²) in [4.78, 5) is 2.39. The van der Waals surface area contributed by atoms with E-state index >= 15 is 0 Å². The number of rotatable bonds is 0. The molecule has 1 aliphatic carbocycles. The molecular weight excluding hydrogens is 158 g/mol. The first-order valence-electron chi connectivity index (χ1n) is 5.13. The summed E-state index contributed by atoms with van der Waals surface area (Å²) < 4.78 is 0. The number of hydrogen-bond acceptors (Lipinski definition) is 1. The van der Waals surface area contributed by atoms with Crippen LogP contribution in [-0.4, -0.2) is 13.6 Å². The SMILES string of the molecule is CN1CCC2(CC2)c2ccccc21. The molecule has 68 valence electrons. The molecule has 0 amide bonds. The Hall–Kier alpha value is -0.980. The van der Waals surface area contributed by atoms with Crippen LogP contribution in [0, 0.1) is 0 Å². The molecule has 2 aliphatic rings. The van der Waals surface area contributed by atoms with Crippen molar-refractivity contribution in [2.45, 2.75) is 24.7 Å². The van der Waals surface area contributed by atoms with Crippen LogP contribution in [-0.2, 0) is 5.41 Å². The fourth-order valence-corrected chi connectivity index (χ4v) is 2.56. The second kappa shape index (κ2) is 2.28. The van der Waals surface area contributed by atoms with Gasteiger partial charge in [0.25, 0.3) is 0 Å². The van der Waals surface area contributed by atoms with E-state index in [-0.39, 0.29) is 0 Å². The van der Waals surface area contributed by atoms with E-state index < -0.39 is 0 Å². The second-order valence-corrected chi connectivity index (χ2v) is 4.47. The number of nitrogens with zero attached hydrogens (tertiary/aromatic N) is 1. The molecule has 1 saturated carbocycles. The number of anilines is 1. The van der Waals surface area contributed by atoms with Crippen molar-refractivity contribution < 1.29 is 0 Å². The Balaban J connectivity index is 2.16. The van der Waals surface area contributed by atoms with E-state index in [1.54, 1.807) is 5.56 Å². The van der Waals surface area contributed by atoms with E-state index in [2.05, 4.69) is 36.2 Å². The van der Waals surface area contributed by atoms with Crippen molar-refractivity contribution in [2.75, 3.05) is 18.5 Å². The van der Waals surface area contributed by atoms with Crippen molar-refractivity contribution in [3.05, 3.63) is 29.8 Å². The van der Waals surface area contributed by atoms with Crippen LogP contribution in [0.5, 0.6) is 0 Å². The standard InChI is InChI=1S/C12H15N/c1-13-9-8-12(6-7-12)10-4-2-3-5-11(10)13/h2-5H,6-9H2,1H3. The van der Waals surface area contributed by atoms with Gasteiger partial charge in [0.2, 0.25) is 0 Å². The molecule has 3 rings (SSSR count). The van der Waals surface area contributed by atoms with Crippen LogP contribution in [0.4, 0.5) is 5.69 Å². The Morgan fingerprint density at radius 3 is 2.69 bits per heavy atom. The molecule has 1 fully saturated rings. The lowest BCUT2D eigenvalue weighted by atomic mass is 9.87. The first-order valence-corrected chi connectivity index (χ1v) is 5.13. The first kappa shape index (κ1) is 7.43. The van der Waals surface area contributed by atoms with Gasteiger partial charge in [-0.3, -0.25) is 0 Å².